The second-order valence-corrected chi connectivity index (χ2v) is 3.97. The third-order valence-corrected chi connectivity index (χ3v) is 2.29. The lowest BCUT2D eigenvalue weighted by atomic mass is 10.2. The molecule has 0 aliphatic rings. The summed E-state index contributed by atoms with van der Waals surface area (Å²) >= 11 is 0. The molecule has 0 saturated heterocycles. The maximum Gasteiger partial charge on any atom is 0.330 e. The van der Waals surface area contributed by atoms with Crippen molar-refractivity contribution < 1.29 is 27.1 Å². The van der Waals surface area contributed by atoms with Crippen molar-refractivity contribution in [3.05, 3.63) is 18.0 Å². The van der Waals surface area contributed by atoms with Crippen LogP contribution in [0.5, 0.6) is 0 Å². The molecule has 0 amide bonds. The Hall–Kier alpha value is -1.44. The van der Waals surface area contributed by atoms with Crippen LogP contribution in [-0.4, -0.2) is 41.1 Å². The first-order chi connectivity index (χ1) is 8.85. The molecule has 1 aromatic rings. The molecule has 0 aliphatic heterocycles. The number of rotatable bonds is 8. The van der Waals surface area contributed by atoms with Crippen LogP contribution in [0.1, 0.15) is 12.5 Å². The number of ether oxygens (including phenoxy) is 1. The fourth-order valence-corrected chi connectivity index (χ4v) is 1.31. The van der Waals surface area contributed by atoms with E-state index >= 15 is 0 Å². The van der Waals surface area contributed by atoms with Crippen LogP contribution in [-0.2, 0) is 22.5 Å². The van der Waals surface area contributed by atoms with Crippen molar-refractivity contribution in [2.75, 3.05) is 13.2 Å². The van der Waals surface area contributed by atoms with Gasteiger partial charge >= 0.3 is 12.3 Å². The van der Waals surface area contributed by atoms with E-state index in [0.29, 0.717) is 12.1 Å². The van der Waals surface area contributed by atoms with Crippen LogP contribution in [0.3, 0.4) is 0 Å². The zero-order valence-corrected chi connectivity index (χ0v) is 10.3. The highest BCUT2D eigenvalue weighted by Gasteiger charge is 2.41. The van der Waals surface area contributed by atoms with E-state index in [9.17, 15) is 22.4 Å². The fourth-order valence-electron chi connectivity index (χ4n) is 1.31. The molecular weight excluding hydrogens is 268 g/mol. The van der Waals surface area contributed by atoms with Crippen LogP contribution in [0.25, 0.3) is 0 Å². The Morgan fingerprint density at radius 1 is 1.53 bits per heavy atom. The van der Waals surface area contributed by atoms with Crippen molar-refractivity contribution in [2.24, 2.45) is 0 Å². The standard InChI is InChI=1S/C11H14F4N2O2/c1-2-17-5-8(4-16-17)3-9(18)6-19-7-11(14,15)10(12)13/h4-5,10H,2-3,6-7H2,1H3. The summed E-state index contributed by atoms with van der Waals surface area (Å²) < 4.78 is 54.5. The van der Waals surface area contributed by atoms with Crippen LogP contribution in [0.4, 0.5) is 17.6 Å². The van der Waals surface area contributed by atoms with Gasteiger partial charge in [-0.05, 0) is 12.5 Å². The average Bonchev–Trinajstić information content (AvgIpc) is 2.76. The molecule has 1 aromatic heterocycles. The summed E-state index contributed by atoms with van der Waals surface area (Å²) in [5.74, 6) is -4.70. The summed E-state index contributed by atoms with van der Waals surface area (Å²) in [5, 5.41) is 3.93. The highest BCUT2D eigenvalue weighted by atomic mass is 19.3. The van der Waals surface area contributed by atoms with Gasteiger partial charge in [0.05, 0.1) is 6.20 Å². The molecule has 0 atom stereocenters. The molecule has 8 heteroatoms. The summed E-state index contributed by atoms with van der Waals surface area (Å²) in [7, 11) is 0. The normalized spacial score (nSPS) is 12.1. The van der Waals surface area contributed by atoms with Crippen LogP contribution in [0.15, 0.2) is 12.4 Å². The van der Waals surface area contributed by atoms with Crippen LogP contribution in [0, 0.1) is 0 Å². The number of hydrogen-bond donors (Lipinski definition) is 0. The maximum atomic E-state index is 12.5. The van der Waals surface area contributed by atoms with E-state index in [1.54, 1.807) is 10.9 Å². The molecule has 0 radical (unpaired) electrons. The van der Waals surface area contributed by atoms with Crippen molar-refractivity contribution >= 4 is 5.78 Å². The number of ketones is 1. The SMILES string of the molecule is CCn1cc(CC(=O)COCC(F)(F)C(F)F)cn1. The summed E-state index contributed by atoms with van der Waals surface area (Å²) in [6.07, 6.45) is -0.702. The van der Waals surface area contributed by atoms with Crippen molar-refractivity contribution in [1.29, 1.82) is 0 Å². The monoisotopic (exact) mass is 282 g/mol. The van der Waals surface area contributed by atoms with E-state index in [1.165, 1.54) is 6.20 Å². The average molecular weight is 282 g/mol. The Labute approximate surface area is 107 Å². The molecule has 0 fully saturated rings. The highest BCUT2D eigenvalue weighted by molar-refractivity contribution is 5.81. The van der Waals surface area contributed by atoms with E-state index < -0.39 is 31.3 Å². The van der Waals surface area contributed by atoms with E-state index in [0.717, 1.165) is 0 Å². The van der Waals surface area contributed by atoms with E-state index in [1.807, 2.05) is 6.92 Å². The highest BCUT2D eigenvalue weighted by Crippen LogP contribution is 2.22. The summed E-state index contributed by atoms with van der Waals surface area (Å²) in [6.45, 7) is 0.420. The quantitative estimate of drug-likeness (QED) is 0.684. The molecule has 4 nitrogen and oxygen atoms in total. The Bertz CT molecular complexity index is 421. The Balaban J connectivity index is 2.32. The number of Topliss-reactive ketones (excluding diaryl/α,β-unsaturated/α-hetero) is 1. The van der Waals surface area contributed by atoms with Gasteiger partial charge in [0, 0.05) is 19.2 Å². The predicted octanol–water partition coefficient (Wildman–Crippen LogP) is 1.93. The maximum absolute atomic E-state index is 12.5. The first-order valence-electron chi connectivity index (χ1n) is 5.62. The first kappa shape index (κ1) is 15.6. The minimum Gasteiger partial charge on any atom is -0.367 e. The van der Waals surface area contributed by atoms with Gasteiger partial charge < -0.3 is 4.74 Å². The minimum absolute atomic E-state index is 0.0275. The second kappa shape index (κ2) is 6.65. The van der Waals surface area contributed by atoms with Gasteiger partial charge in [0.2, 0.25) is 0 Å². The fraction of sp³-hybridized carbons (Fsp3) is 0.636. The minimum atomic E-state index is -4.23. The number of nitrogens with zero attached hydrogens (tertiary/aromatic N) is 2. The smallest absolute Gasteiger partial charge is 0.330 e. The summed E-state index contributed by atoms with van der Waals surface area (Å²) in [6, 6.07) is 0. The molecule has 19 heavy (non-hydrogen) atoms. The topological polar surface area (TPSA) is 44.1 Å². The van der Waals surface area contributed by atoms with Gasteiger partial charge in [-0.1, -0.05) is 0 Å². The van der Waals surface area contributed by atoms with Crippen molar-refractivity contribution in [1.82, 2.24) is 9.78 Å². The predicted molar refractivity (Wildman–Crippen MR) is 58.4 cm³/mol. The molecule has 0 unspecified atom stereocenters. The lowest BCUT2D eigenvalue weighted by molar-refractivity contribution is -0.168. The number of aryl methyl sites for hydroxylation is 1. The number of hydrogen-bond acceptors (Lipinski definition) is 3. The van der Waals surface area contributed by atoms with Gasteiger partial charge in [0.25, 0.3) is 0 Å². The third-order valence-electron chi connectivity index (χ3n) is 2.29. The summed E-state index contributed by atoms with van der Waals surface area (Å²) in [4.78, 5) is 11.4. The summed E-state index contributed by atoms with van der Waals surface area (Å²) in [5.41, 5.74) is 0.621. The molecule has 1 rings (SSSR count). The lowest BCUT2D eigenvalue weighted by Crippen LogP contribution is -2.33. The van der Waals surface area contributed by atoms with Gasteiger partial charge in [-0.25, -0.2) is 8.78 Å². The van der Waals surface area contributed by atoms with Gasteiger partial charge in [0.1, 0.15) is 13.2 Å². The Morgan fingerprint density at radius 2 is 2.21 bits per heavy atom. The number of carbonyl (C=O) groups excluding carboxylic acids is 1. The number of alkyl halides is 4. The van der Waals surface area contributed by atoms with Gasteiger partial charge in [-0.3, -0.25) is 9.48 Å². The Morgan fingerprint density at radius 3 is 2.74 bits per heavy atom. The lowest BCUT2D eigenvalue weighted by Gasteiger charge is -2.14. The first-order valence-corrected chi connectivity index (χ1v) is 5.62. The molecule has 0 aliphatic carbocycles. The third kappa shape index (κ3) is 4.98. The van der Waals surface area contributed by atoms with Gasteiger partial charge in [0.15, 0.2) is 5.78 Å². The van der Waals surface area contributed by atoms with E-state index in [-0.39, 0.29) is 6.42 Å². The van der Waals surface area contributed by atoms with Crippen molar-refractivity contribution in [3.8, 4) is 0 Å². The molecule has 108 valence electrons. The number of carbonyl (C=O) groups is 1. The van der Waals surface area contributed by atoms with Crippen LogP contribution in [0.2, 0.25) is 0 Å². The van der Waals surface area contributed by atoms with Crippen molar-refractivity contribution in [2.45, 2.75) is 32.2 Å². The van der Waals surface area contributed by atoms with E-state index in [2.05, 4.69) is 9.84 Å². The van der Waals surface area contributed by atoms with Gasteiger partial charge in [-0.15, -0.1) is 0 Å². The molecule has 0 N–H and O–H groups in total. The molecule has 0 bridgehead atoms. The molecular formula is C11H14F4N2O2. The zero-order valence-electron chi connectivity index (χ0n) is 10.3. The number of halogens is 4. The zero-order chi connectivity index (χ0) is 14.5. The number of aromatic nitrogens is 2. The van der Waals surface area contributed by atoms with Crippen LogP contribution >= 0.6 is 0 Å². The van der Waals surface area contributed by atoms with Crippen LogP contribution < -0.4 is 0 Å². The van der Waals surface area contributed by atoms with Crippen molar-refractivity contribution in [3.63, 3.8) is 0 Å². The van der Waals surface area contributed by atoms with Gasteiger partial charge in [-0.2, -0.15) is 13.9 Å². The molecule has 1 heterocycles. The molecule has 0 aromatic carbocycles. The van der Waals surface area contributed by atoms with E-state index in [4.69, 9.17) is 0 Å². The molecule has 0 saturated carbocycles. The Kier molecular flexibility index (Phi) is 5.46. The molecule has 0 spiro atoms. The largest absolute Gasteiger partial charge is 0.367 e. The second-order valence-electron chi connectivity index (χ2n) is 3.97.